The maximum Gasteiger partial charge on any atom is 0.323 e. The van der Waals surface area contributed by atoms with Gasteiger partial charge in [0.05, 0.1) is 17.6 Å². The Morgan fingerprint density at radius 1 is 1.57 bits per heavy atom. The Hall–Kier alpha value is -2.13. The molecular weight excluding hydrogens is 296 g/mol. The maximum atomic E-state index is 11.8. The number of nitrogens with zero attached hydrogens (tertiary/aromatic N) is 2. The highest BCUT2D eigenvalue weighted by Crippen LogP contribution is 2.25. The molecule has 1 rings (SSSR count). The maximum absolute atomic E-state index is 11.8. The van der Waals surface area contributed by atoms with E-state index in [4.69, 9.17) is 21.6 Å². The Balaban J connectivity index is 2.85. The standard InChI is InChI=1S/C14H15ClN2O4/c1-2-3-6-21-14(18)11(9-16)7-10-4-5-12(15)8-13(10)17(19)20/h4-5,8,11H,2-3,6-7H2,1H3. The first kappa shape index (κ1) is 16.9. The van der Waals surface area contributed by atoms with Crippen molar-refractivity contribution in [2.45, 2.75) is 26.2 Å². The van der Waals surface area contributed by atoms with E-state index in [2.05, 4.69) is 0 Å². The van der Waals surface area contributed by atoms with E-state index in [0.717, 1.165) is 6.42 Å². The van der Waals surface area contributed by atoms with Crippen LogP contribution in [0.1, 0.15) is 25.3 Å². The van der Waals surface area contributed by atoms with Gasteiger partial charge in [0.2, 0.25) is 0 Å². The van der Waals surface area contributed by atoms with Crippen LogP contribution in [0.15, 0.2) is 18.2 Å². The van der Waals surface area contributed by atoms with Gasteiger partial charge in [0.15, 0.2) is 0 Å². The van der Waals surface area contributed by atoms with Crippen molar-refractivity contribution in [3.05, 3.63) is 38.9 Å². The van der Waals surface area contributed by atoms with Crippen molar-refractivity contribution in [1.29, 1.82) is 5.26 Å². The van der Waals surface area contributed by atoms with Gasteiger partial charge in [0.1, 0.15) is 5.92 Å². The van der Waals surface area contributed by atoms with Crippen molar-refractivity contribution < 1.29 is 14.5 Å². The Morgan fingerprint density at radius 3 is 2.86 bits per heavy atom. The molecule has 0 spiro atoms. The summed E-state index contributed by atoms with van der Waals surface area (Å²) in [5.41, 5.74) is 0.0764. The number of hydrogen-bond acceptors (Lipinski definition) is 5. The fourth-order valence-electron chi connectivity index (χ4n) is 1.70. The number of ether oxygens (including phenoxy) is 1. The van der Waals surface area contributed by atoms with Gasteiger partial charge in [-0.3, -0.25) is 14.9 Å². The summed E-state index contributed by atoms with van der Waals surface area (Å²) in [6.07, 6.45) is 1.51. The Labute approximate surface area is 127 Å². The third-order valence-electron chi connectivity index (χ3n) is 2.85. The molecule has 1 aromatic rings. The van der Waals surface area contributed by atoms with Crippen molar-refractivity contribution in [2.24, 2.45) is 5.92 Å². The number of nitro benzene ring substituents is 1. The number of unbranched alkanes of at least 4 members (excludes halogenated alkanes) is 1. The third-order valence-corrected chi connectivity index (χ3v) is 3.09. The first-order valence-corrected chi connectivity index (χ1v) is 6.86. The van der Waals surface area contributed by atoms with Crippen molar-refractivity contribution in [3.63, 3.8) is 0 Å². The third kappa shape index (κ3) is 5.04. The monoisotopic (exact) mass is 310 g/mol. The number of halogens is 1. The van der Waals surface area contributed by atoms with E-state index >= 15 is 0 Å². The van der Waals surface area contributed by atoms with E-state index in [1.54, 1.807) is 0 Å². The summed E-state index contributed by atoms with van der Waals surface area (Å²) < 4.78 is 4.97. The molecule has 0 heterocycles. The second-order valence-corrected chi connectivity index (χ2v) is 4.87. The van der Waals surface area contributed by atoms with E-state index in [1.807, 2.05) is 13.0 Å². The van der Waals surface area contributed by atoms with Gasteiger partial charge in [0, 0.05) is 23.1 Å². The molecule has 1 atom stereocenters. The van der Waals surface area contributed by atoms with Crippen LogP contribution in [0.2, 0.25) is 5.02 Å². The largest absolute Gasteiger partial charge is 0.465 e. The second kappa shape index (κ2) is 8.22. The molecule has 0 radical (unpaired) electrons. The fourth-order valence-corrected chi connectivity index (χ4v) is 1.87. The van der Waals surface area contributed by atoms with Crippen LogP contribution in [-0.2, 0) is 16.0 Å². The lowest BCUT2D eigenvalue weighted by Gasteiger charge is -2.10. The van der Waals surface area contributed by atoms with Gasteiger partial charge in [-0.1, -0.05) is 31.0 Å². The topological polar surface area (TPSA) is 93.2 Å². The molecule has 7 heteroatoms. The molecule has 0 bridgehead atoms. The summed E-state index contributed by atoms with van der Waals surface area (Å²) in [6.45, 7) is 2.20. The van der Waals surface area contributed by atoms with Crippen molar-refractivity contribution in [1.82, 2.24) is 0 Å². The molecule has 21 heavy (non-hydrogen) atoms. The minimum absolute atomic E-state index is 0.0745. The predicted molar refractivity (Wildman–Crippen MR) is 76.8 cm³/mol. The molecule has 112 valence electrons. The highest BCUT2D eigenvalue weighted by molar-refractivity contribution is 6.30. The smallest absolute Gasteiger partial charge is 0.323 e. The van der Waals surface area contributed by atoms with Gasteiger partial charge in [-0.15, -0.1) is 0 Å². The highest BCUT2D eigenvalue weighted by atomic mass is 35.5. The molecule has 1 aromatic carbocycles. The van der Waals surface area contributed by atoms with Gasteiger partial charge in [0.25, 0.3) is 5.69 Å². The fraction of sp³-hybridized carbons (Fsp3) is 0.429. The number of carbonyl (C=O) groups is 1. The minimum Gasteiger partial charge on any atom is -0.465 e. The summed E-state index contributed by atoms with van der Waals surface area (Å²) in [7, 11) is 0. The molecule has 0 amide bonds. The molecule has 0 saturated carbocycles. The van der Waals surface area contributed by atoms with Crippen molar-refractivity contribution in [3.8, 4) is 6.07 Å². The number of benzene rings is 1. The van der Waals surface area contributed by atoms with E-state index in [-0.39, 0.29) is 29.3 Å². The van der Waals surface area contributed by atoms with Gasteiger partial charge in [-0.2, -0.15) is 5.26 Å². The number of carbonyl (C=O) groups excluding carboxylic acids is 1. The lowest BCUT2D eigenvalue weighted by atomic mass is 9.99. The van der Waals surface area contributed by atoms with E-state index in [1.165, 1.54) is 18.2 Å². The molecule has 0 aliphatic heterocycles. The molecule has 0 aliphatic carbocycles. The van der Waals surface area contributed by atoms with Crippen LogP contribution in [-0.4, -0.2) is 17.5 Å². The van der Waals surface area contributed by atoms with E-state index in [0.29, 0.717) is 6.42 Å². The molecule has 0 aliphatic rings. The number of nitro groups is 1. The van der Waals surface area contributed by atoms with Crippen LogP contribution in [0.25, 0.3) is 0 Å². The minimum atomic E-state index is -1.07. The summed E-state index contributed by atoms with van der Waals surface area (Å²) in [4.78, 5) is 22.1. The second-order valence-electron chi connectivity index (χ2n) is 4.44. The predicted octanol–water partition coefficient (Wildman–Crippen LogP) is 3.27. The van der Waals surface area contributed by atoms with Crippen LogP contribution in [0.4, 0.5) is 5.69 Å². The van der Waals surface area contributed by atoms with Crippen LogP contribution >= 0.6 is 11.6 Å². The highest BCUT2D eigenvalue weighted by Gasteiger charge is 2.24. The van der Waals surface area contributed by atoms with Crippen LogP contribution in [0.5, 0.6) is 0 Å². The first-order chi connectivity index (χ1) is 9.99. The van der Waals surface area contributed by atoms with Gasteiger partial charge >= 0.3 is 5.97 Å². The zero-order valence-electron chi connectivity index (χ0n) is 11.5. The van der Waals surface area contributed by atoms with Crippen LogP contribution < -0.4 is 0 Å². The summed E-state index contributed by atoms with van der Waals surface area (Å²) in [6, 6.07) is 5.97. The molecule has 0 fully saturated rings. The molecule has 0 aromatic heterocycles. The van der Waals surface area contributed by atoms with E-state index in [9.17, 15) is 14.9 Å². The number of esters is 1. The molecule has 0 saturated heterocycles. The first-order valence-electron chi connectivity index (χ1n) is 6.48. The SMILES string of the molecule is CCCCOC(=O)C(C#N)Cc1ccc(Cl)cc1[N+](=O)[O-]. The molecule has 1 unspecified atom stereocenters. The molecule has 6 nitrogen and oxygen atoms in total. The van der Waals surface area contributed by atoms with Crippen LogP contribution in [0.3, 0.4) is 0 Å². The Kier molecular flexibility index (Phi) is 6.63. The lowest BCUT2D eigenvalue weighted by molar-refractivity contribution is -0.385. The van der Waals surface area contributed by atoms with Crippen LogP contribution in [0, 0.1) is 27.4 Å². The quantitative estimate of drug-likeness (QED) is 0.333. The Bertz CT molecular complexity index is 569. The van der Waals surface area contributed by atoms with Gasteiger partial charge < -0.3 is 4.74 Å². The van der Waals surface area contributed by atoms with Gasteiger partial charge in [-0.25, -0.2) is 0 Å². The summed E-state index contributed by atoms with van der Waals surface area (Å²) in [5.74, 6) is -1.73. The molecular formula is C14H15ClN2O4. The zero-order valence-corrected chi connectivity index (χ0v) is 12.3. The van der Waals surface area contributed by atoms with E-state index < -0.39 is 16.8 Å². The average molecular weight is 311 g/mol. The lowest BCUT2D eigenvalue weighted by Crippen LogP contribution is -2.19. The Morgan fingerprint density at radius 2 is 2.29 bits per heavy atom. The number of nitriles is 1. The summed E-state index contributed by atoms with van der Waals surface area (Å²) >= 11 is 5.72. The van der Waals surface area contributed by atoms with Crippen molar-refractivity contribution in [2.75, 3.05) is 6.61 Å². The van der Waals surface area contributed by atoms with Gasteiger partial charge in [-0.05, 0) is 12.5 Å². The average Bonchev–Trinajstić information content (AvgIpc) is 2.45. The van der Waals surface area contributed by atoms with Crippen molar-refractivity contribution >= 4 is 23.3 Å². The normalized spacial score (nSPS) is 11.5. The number of rotatable bonds is 7. The zero-order chi connectivity index (χ0) is 15.8. The molecule has 0 N–H and O–H groups in total. The number of hydrogen-bond donors (Lipinski definition) is 0. The summed E-state index contributed by atoms with van der Waals surface area (Å²) in [5, 5.41) is 20.3.